The van der Waals surface area contributed by atoms with Crippen molar-refractivity contribution in [3.05, 3.63) is 56.7 Å². The molecule has 1 aliphatic rings. The van der Waals surface area contributed by atoms with E-state index < -0.39 is 18.1 Å². The second-order valence-electron chi connectivity index (χ2n) is 6.05. The number of carboxylic acids is 1. The number of carbonyl (C=O) groups is 2. The summed E-state index contributed by atoms with van der Waals surface area (Å²) in [5.74, 6) is -1.45. The summed E-state index contributed by atoms with van der Waals surface area (Å²) in [4.78, 5) is 25.3. The zero-order valence-electron chi connectivity index (χ0n) is 15.1. The molecule has 2 aromatic rings. The smallest absolute Gasteiger partial charge is 0.332 e. The molecule has 0 bridgehead atoms. The van der Waals surface area contributed by atoms with Crippen molar-refractivity contribution in [2.75, 3.05) is 13.7 Å². The molecule has 2 N–H and O–H groups in total. The molecule has 0 amide bonds. The molecular weight excluding hydrogens is 390 g/mol. The van der Waals surface area contributed by atoms with Crippen molar-refractivity contribution in [2.24, 2.45) is 0 Å². The number of thiophene rings is 1. The van der Waals surface area contributed by atoms with Crippen LogP contribution in [0.4, 0.5) is 0 Å². The average Bonchev–Trinajstić information content (AvgIpc) is 3.11. The summed E-state index contributed by atoms with van der Waals surface area (Å²) in [5, 5.41) is 18.5. The highest BCUT2D eigenvalue weighted by atomic mass is 35.5. The summed E-state index contributed by atoms with van der Waals surface area (Å²) >= 11 is 8.07. The number of ether oxygens (including phenoxy) is 1. The van der Waals surface area contributed by atoms with Gasteiger partial charge in [-0.05, 0) is 42.0 Å². The molecule has 0 spiro atoms. The number of carboxylic acid groups (broad SMARTS) is 1. The summed E-state index contributed by atoms with van der Waals surface area (Å²) in [6.07, 6.45) is -0.268. The van der Waals surface area contributed by atoms with Gasteiger partial charge in [0, 0.05) is 23.0 Å². The second kappa shape index (κ2) is 9.85. The standard InChI is InChI=1S/C16H16ClNO2S.C3H6O3/c1-20-16(19)15(12-4-2-3-5-13(12)17)18-8-6-14-11(10-18)7-9-21-14;1-2(4)3(5)6/h2-5,7,9,15H,6,8,10H2,1H3;2,4H,1H3,(H,5,6)/t15-;/m1./s1. The Labute approximate surface area is 167 Å². The predicted octanol–water partition coefficient (Wildman–Crippen LogP) is 3.13. The van der Waals surface area contributed by atoms with Crippen LogP contribution in [0.2, 0.25) is 5.02 Å². The molecule has 1 unspecified atom stereocenters. The highest BCUT2D eigenvalue weighted by Crippen LogP contribution is 2.33. The van der Waals surface area contributed by atoms with Crippen molar-refractivity contribution in [3.63, 3.8) is 0 Å². The maximum Gasteiger partial charge on any atom is 0.332 e. The minimum atomic E-state index is -1.23. The Hall–Kier alpha value is -1.93. The first-order valence-corrected chi connectivity index (χ1v) is 9.63. The minimum Gasteiger partial charge on any atom is -0.479 e. The molecule has 146 valence electrons. The SMILES string of the molecule is CC(O)C(=O)O.COC(=O)[C@@H](c1ccccc1Cl)N1CCc2sccc2C1. The molecule has 27 heavy (non-hydrogen) atoms. The van der Waals surface area contributed by atoms with Crippen LogP contribution < -0.4 is 0 Å². The fraction of sp³-hybridized carbons (Fsp3) is 0.368. The number of aliphatic hydroxyl groups is 1. The topological polar surface area (TPSA) is 87.1 Å². The molecule has 0 fully saturated rings. The first-order valence-electron chi connectivity index (χ1n) is 8.37. The van der Waals surface area contributed by atoms with E-state index in [1.165, 1.54) is 24.5 Å². The maximum absolute atomic E-state index is 12.3. The molecule has 2 atom stereocenters. The Morgan fingerprint density at radius 2 is 1.96 bits per heavy atom. The number of carbonyl (C=O) groups excluding carboxylic acids is 1. The molecule has 0 aliphatic carbocycles. The van der Waals surface area contributed by atoms with Crippen LogP contribution in [0.1, 0.15) is 29.0 Å². The van der Waals surface area contributed by atoms with Gasteiger partial charge in [-0.25, -0.2) is 9.59 Å². The van der Waals surface area contributed by atoms with E-state index in [2.05, 4.69) is 16.3 Å². The largest absolute Gasteiger partial charge is 0.479 e. The van der Waals surface area contributed by atoms with Gasteiger partial charge in [0.15, 0.2) is 0 Å². The van der Waals surface area contributed by atoms with E-state index in [0.29, 0.717) is 5.02 Å². The molecule has 8 heteroatoms. The van der Waals surface area contributed by atoms with Gasteiger partial charge in [-0.2, -0.15) is 0 Å². The fourth-order valence-electron chi connectivity index (χ4n) is 2.77. The third-order valence-electron chi connectivity index (χ3n) is 4.18. The van der Waals surface area contributed by atoms with Crippen molar-refractivity contribution < 1.29 is 24.5 Å². The molecule has 2 heterocycles. The number of nitrogens with zero attached hydrogens (tertiary/aromatic N) is 1. The number of methoxy groups -OCH3 is 1. The molecule has 1 aliphatic heterocycles. The van der Waals surface area contributed by atoms with E-state index in [4.69, 9.17) is 26.6 Å². The summed E-state index contributed by atoms with van der Waals surface area (Å²) < 4.78 is 5.01. The van der Waals surface area contributed by atoms with Gasteiger partial charge in [-0.3, -0.25) is 4.90 Å². The predicted molar refractivity (Wildman–Crippen MR) is 104 cm³/mol. The van der Waals surface area contributed by atoms with Gasteiger partial charge in [0.1, 0.15) is 12.1 Å². The molecule has 0 saturated carbocycles. The van der Waals surface area contributed by atoms with Gasteiger partial charge in [-0.1, -0.05) is 29.8 Å². The van der Waals surface area contributed by atoms with Crippen LogP contribution in [0.5, 0.6) is 0 Å². The Bertz CT molecular complexity index is 792. The van der Waals surface area contributed by atoms with Crippen LogP contribution in [-0.2, 0) is 27.3 Å². The third kappa shape index (κ3) is 5.52. The number of hydrogen-bond acceptors (Lipinski definition) is 6. The van der Waals surface area contributed by atoms with Crippen LogP contribution >= 0.6 is 22.9 Å². The highest BCUT2D eigenvalue weighted by molar-refractivity contribution is 7.10. The van der Waals surface area contributed by atoms with Gasteiger partial charge in [0.25, 0.3) is 0 Å². The van der Waals surface area contributed by atoms with Crippen molar-refractivity contribution >= 4 is 34.9 Å². The summed E-state index contributed by atoms with van der Waals surface area (Å²) in [7, 11) is 1.42. The van der Waals surface area contributed by atoms with Crippen LogP contribution in [0.3, 0.4) is 0 Å². The normalized spacial score (nSPS) is 15.7. The Balaban J connectivity index is 0.000000380. The van der Waals surface area contributed by atoms with Gasteiger partial charge in [-0.15, -0.1) is 11.3 Å². The molecule has 0 saturated heterocycles. The van der Waals surface area contributed by atoms with Crippen LogP contribution in [0.25, 0.3) is 0 Å². The number of esters is 1. The van der Waals surface area contributed by atoms with Crippen molar-refractivity contribution in [3.8, 4) is 0 Å². The zero-order chi connectivity index (χ0) is 20.0. The van der Waals surface area contributed by atoms with E-state index in [1.54, 1.807) is 11.3 Å². The van der Waals surface area contributed by atoms with E-state index in [9.17, 15) is 9.59 Å². The number of rotatable bonds is 4. The van der Waals surface area contributed by atoms with E-state index in [-0.39, 0.29) is 5.97 Å². The third-order valence-corrected chi connectivity index (χ3v) is 5.55. The monoisotopic (exact) mass is 411 g/mol. The molecule has 1 aromatic carbocycles. The number of halogens is 1. The lowest BCUT2D eigenvalue weighted by Crippen LogP contribution is -2.38. The van der Waals surface area contributed by atoms with Crippen LogP contribution in [0.15, 0.2) is 35.7 Å². The van der Waals surface area contributed by atoms with Crippen LogP contribution in [0, 0.1) is 0 Å². The van der Waals surface area contributed by atoms with Crippen molar-refractivity contribution in [1.29, 1.82) is 0 Å². The number of aliphatic hydroxyl groups excluding tert-OH is 1. The van der Waals surface area contributed by atoms with Crippen molar-refractivity contribution in [1.82, 2.24) is 4.90 Å². The summed E-state index contributed by atoms with van der Waals surface area (Å²) in [5.41, 5.74) is 2.11. The first kappa shape index (κ1) is 21.4. The number of fused-ring (bicyclic) bond motifs is 1. The second-order valence-corrected chi connectivity index (χ2v) is 7.46. The average molecular weight is 412 g/mol. The van der Waals surface area contributed by atoms with Gasteiger partial charge < -0.3 is 14.9 Å². The van der Waals surface area contributed by atoms with E-state index in [0.717, 1.165) is 25.1 Å². The number of benzene rings is 1. The highest BCUT2D eigenvalue weighted by Gasteiger charge is 2.32. The van der Waals surface area contributed by atoms with Gasteiger partial charge >= 0.3 is 11.9 Å². The number of aliphatic carboxylic acids is 1. The maximum atomic E-state index is 12.3. The van der Waals surface area contributed by atoms with Gasteiger partial charge in [0.2, 0.25) is 0 Å². The molecule has 0 radical (unpaired) electrons. The molecule has 1 aromatic heterocycles. The van der Waals surface area contributed by atoms with E-state index >= 15 is 0 Å². The molecule has 6 nitrogen and oxygen atoms in total. The fourth-order valence-corrected chi connectivity index (χ4v) is 3.90. The Kier molecular flexibility index (Phi) is 7.79. The first-order chi connectivity index (χ1) is 12.8. The number of hydrogen-bond donors (Lipinski definition) is 2. The lowest BCUT2D eigenvalue weighted by Gasteiger charge is -2.33. The lowest BCUT2D eigenvalue weighted by atomic mass is 10.0. The minimum absolute atomic E-state index is 0.262. The zero-order valence-corrected chi connectivity index (χ0v) is 16.7. The Morgan fingerprint density at radius 1 is 1.30 bits per heavy atom. The van der Waals surface area contributed by atoms with Crippen LogP contribution in [-0.4, -0.2) is 46.8 Å². The van der Waals surface area contributed by atoms with Gasteiger partial charge in [0.05, 0.1) is 7.11 Å². The quantitative estimate of drug-likeness (QED) is 0.751. The Morgan fingerprint density at radius 3 is 2.56 bits per heavy atom. The summed E-state index contributed by atoms with van der Waals surface area (Å²) in [6.45, 7) is 2.78. The molecular formula is C19H22ClNO5S. The van der Waals surface area contributed by atoms with E-state index in [1.807, 2.05) is 24.3 Å². The lowest BCUT2D eigenvalue weighted by molar-refractivity contribution is -0.148. The molecule has 3 rings (SSSR count). The summed E-state index contributed by atoms with van der Waals surface area (Å²) in [6, 6.07) is 9.16. The van der Waals surface area contributed by atoms with Crippen molar-refractivity contribution in [2.45, 2.75) is 32.0 Å².